The molecule has 0 rings (SSSR count). The summed E-state index contributed by atoms with van der Waals surface area (Å²) in [4.78, 5) is 0. The minimum absolute atomic E-state index is 0.263. The van der Waals surface area contributed by atoms with Crippen LogP contribution < -0.4 is 0 Å². The monoisotopic (exact) mass is 156 g/mol. The van der Waals surface area contributed by atoms with E-state index >= 15 is 0 Å². The van der Waals surface area contributed by atoms with Gasteiger partial charge in [-0.05, 0) is 6.42 Å². The maximum atomic E-state index is 8.79. The number of hydrogen-bond acceptors (Lipinski definition) is 2. The lowest BCUT2D eigenvalue weighted by molar-refractivity contribution is 0.138. The van der Waals surface area contributed by atoms with E-state index in [0.717, 1.165) is 12.8 Å². The third-order valence-corrected chi connectivity index (χ3v) is 1.35. The van der Waals surface area contributed by atoms with Crippen LogP contribution in [-0.4, -0.2) is 22.9 Å². The highest BCUT2D eigenvalue weighted by Gasteiger charge is 1.91. The summed E-state index contributed by atoms with van der Waals surface area (Å²) in [5.74, 6) is 5.36. The van der Waals surface area contributed by atoms with Crippen molar-refractivity contribution in [2.24, 2.45) is 0 Å². The minimum atomic E-state index is -0.850. The molecule has 0 aromatic rings. The van der Waals surface area contributed by atoms with Gasteiger partial charge in [0.05, 0.1) is 6.61 Å². The first-order chi connectivity index (χ1) is 5.31. The molecule has 0 fully saturated rings. The van der Waals surface area contributed by atoms with Gasteiger partial charge < -0.3 is 10.2 Å². The Labute approximate surface area is 68.2 Å². The smallest absolute Gasteiger partial charge is 0.137 e. The van der Waals surface area contributed by atoms with E-state index in [1.54, 1.807) is 0 Å². The van der Waals surface area contributed by atoms with E-state index in [9.17, 15) is 0 Å². The normalized spacial score (nSPS) is 11.9. The lowest BCUT2D eigenvalue weighted by atomic mass is 10.2. The van der Waals surface area contributed by atoms with Gasteiger partial charge in [0.25, 0.3) is 0 Å². The first-order valence-electron chi connectivity index (χ1n) is 4.08. The Morgan fingerprint density at radius 1 is 1.36 bits per heavy atom. The molecule has 0 radical (unpaired) electrons. The summed E-state index contributed by atoms with van der Waals surface area (Å²) < 4.78 is 0. The molecule has 0 amide bonds. The van der Waals surface area contributed by atoms with Crippen molar-refractivity contribution in [3.8, 4) is 11.8 Å². The Morgan fingerprint density at radius 3 is 2.64 bits per heavy atom. The molecule has 2 heteroatoms. The zero-order valence-electron chi connectivity index (χ0n) is 7.01. The SMILES string of the molecule is CCCCCC#C[C@H](O)CO. The van der Waals surface area contributed by atoms with Crippen LogP contribution in [0.2, 0.25) is 0 Å². The quantitative estimate of drug-likeness (QED) is 0.469. The Balaban J connectivity index is 3.25. The maximum absolute atomic E-state index is 8.79. The van der Waals surface area contributed by atoms with Crippen molar-refractivity contribution in [2.45, 2.75) is 38.7 Å². The largest absolute Gasteiger partial charge is 0.393 e. The molecule has 1 atom stereocenters. The summed E-state index contributed by atoms with van der Waals surface area (Å²) in [5.41, 5.74) is 0. The van der Waals surface area contributed by atoms with Crippen LogP contribution in [0.4, 0.5) is 0 Å². The molecule has 0 aromatic carbocycles. The summed E-state index contributed by atoms with van der Waals surface area (Å²) >= 11 is 0. The van der Waals surface area contributed by atoms with Crippen molar-refractivity contribution in [3.63, 3.8) is 0 Å². The van der Waals surface area contributed by atoms with Gasteiger partial charge in [-0.3, -0.25) is 0 Å². The molecule has 0 bridgehead atoms. The molecule has 64 valence electrons. The summed E-state index contributed by atoms with van der Waals surface area (Å²) in [6.45, 7) is 1.87. The van der Waals surface area contributed by atoms with E-state index in [-0.39, 0.29) is 6.61 Å². The number of hydrogen-bond donors (Lipinski definition) is 2. The van der Waals surface area contributed by atoms with Crippen LogP contribution in [-0.2, 0) is 0 Å². The highest BCUT2D eigenvalue weighted by atomic mass is 16.3. The van der Waals surface area contributed by atoms with Gasteiger partial charge >= 0.3 is 0 Å². The number of aliphatic hydroxyl groups excluding tert-OH is 2. The van der Waals surface area contributed by atoms with Crippen molar-refractivity contribution in [1.29, 1.82) is 0 Å². The van der Waals surface area contributed by atoms with Crippen LogP contribution in [0.25, 0.3) is 0 Å². The fraction of sp³-hybridized carbons (Fsp3) is 0.778. The van der Waals surface area contributed by atoms with Crippen LogP contribution in [0, 0.1) is 11.8 Å². The van der Waals surface area contributed by atoms with Crippen molar-refractivity contribution in [1.82, 2.24) is 0 Å². The Morgan fingerprint density at radius 2 is 2.09 bits per heavy atom. The topological polar surface area (TPSA) is 40.5 Å². The third-order valence-electron chi connectivity index (χ3n) is 1.35. The molecule has 0 aliphatic heterocycles. The second-order valence-corrected chi connectivity index (χ2v) is 2.48. The van der Waals surface area contributed by atoms with E-state index < -0.39 is 6.10 Å². The lowest BCUT2D eigenvalue weighted by Crippen LogP contribution is -2.07. The Bertz CT molecular complexity index is 132. The van der Waals surface area contributed by atoms with Crippen LogP contribution in [0.5, 0.6) is 0 Å². The van der Waals surface area contributed by atoms with Gasteiger partial charge in [-0.15, -0.1) is 5.92 Å². The molecule has 0 saturated carbocycles. The number of aliphatic hydroxyl groups is 2. The fourth-order valence-electron chi connectivity index (χ4n) is 0.699. The van der Waals surface area contributed by atoms with Crippen LogP contribution in [0.3, 0.4) is 0 Å². The molecular formula is C9H16O2. The standard InChI is InChI=1S/C9H16O2/c1-2-3-4-5-6-7-9(11)8-10/h9-11H,2-5,8H2,1H3/t9-/m0/s1. The highest BCUT2D eigenvalue weighted by molar-refractivity contribution is 5.04. The van der Waals surface area contributed by atoms with Gasteiger partial charge in [0.1, 0.15) is 6.10 Å². The number of unbranched alkanes of at least 4 members (excludes halogenated alkanes) is 3. The van der Waals surface area contributed by atoms with Crippen molar-refractivity contribution >= 4 is 0 Å². The first-order valence-corrected chi connectivity index (χ1v) is 4.08. The van der Waals surface area contributed by atoms with Crippen LogP contribution >= 0.6 is 0 Å². The first kappa shape index (κ1) is 10.5. The molecule has 0 aromatic heterocycles. The van der Waals surface area contributed by atoms with Gasteiger partial charge in [-0.2, -0.15) is 0 Å². The summed E-state index contributed by atoms with van der Waals surface area (Å²) in [6.07, 6.45) is 3.43. The van der Waals surface area contributed by atoms with Crippen molar-refractivity contribution in [3.05, 3.63) is 0 Å². The molecule has 2 nitrogen and oxygen atoms in total. The predicted molar refractivity (Wildman–Crippen MR) is 45.0 cm³/mol. The molecule has 0 aliphatic rings. The van der Waals surface area contributed by atoms with E-state index in [1.165, 1.54) is 12.8 Å². The maximum Gasteiger partial charge on any atom is 0.137 e. The van der Waals surface area contributed by atoms with Gasteiger partial charge in [0.2, 0.25) is 0 Å². The minimum Gasteiger partial charge on any atom is -0.393 e. The van der Waals surface area contributed by atoms with E-state index in [0.29, 0.717) is 0 Å². The molecule has 2 N–H and O–H groups in total. The second kappa shape index (κ2) is 7.59. The average Bonchev–Trinajstić information content (AvgIpc) is 2.04. The summed E-state index contributed by atoms with van der Waals surface area (Å²) in [5, 5.41) is 17.2. The molecule has 11 heavy (non-hydrogen) atoms. The van der Waals surface area contributed by atoms with Gasteiger partial charge in [0, 0.05) is 6.42 Å². The van der Waals surface area contributed by atoms with Crippen molar-refractivity contribution in [2.75, 3.05) is 6.61 Å². The zero-order chi connectivity index (χ0) is 8.53. The Kier molecular flexibility index (Phi) is 7.23. The lowest BCUT2D eigenvalue weighted by Gasteiger charge is -1.93. The molecule has 0 unspecified atom stereocenters. The van der Waals surface area contributed by atoms with Crippen LogP contribution in [0.1, 0.15) is 32.6 Å². The fourth-order valence-corrected chi connectivity index (χ4v) is 0.699. The predicted octanol–water partition coefficient (Wildman–Crippen LogP) is 0.923. The zero-order valence-corrected chi connectivity index (χ0v) is 7.01. The van der Waals surface area contributed by atoms with E-state index in [4.69, 9.17) is 10.2 Å². The molecule has 0 heterocycles. The van der Waals surface area contributed by atoms with Crippen molar-refractivity contribution < 1.29 is 10.2 Å². The highest BCUT2D eigenvalue weighted by Crippen LogP contribution is 1.96. The molecular weight excluding hydrogens is 140 g/mol. The number of rotatable bonds is 4. The second-order valence-electron chi connectivity index (χ2n) is 2.48. The van der Waals surface area contributed by atoms with Crippen LogP contribution in [0.15, 0.2) is 0 Å². The van der Waals surface area contributed by atoms with Gasteiger partial charge in [-0.25, -0.2) is 0 Å². The molecule has 0 aliphatic carbocycles. The average molecular weight is 156 g/mol. The molecule has 0 spiro atoms. The summed E-state index contributed by atoms with van der Waals surface area (Å²) in [7, 11) is 0. The van der Waals surface area contributed by atoms with Gasteiger partial charge in [-0.1, -0.05) is 25.7 Å². The van der Waals surface area contributed by atoms with E-state index in [2.05, 4.69) is 18.8 Å². The van der Waals surface area contributed by atoms with Gasteiger partial charge in [0.15, 0.2) is 0 Å². The van der Waals surface area contributed by atoms with E-state index in [1.807, 2.05) is 0 Å². The summed E-state index contributed by atoms with van der Waals surface area (Å²) in [6, 6.07) is 0. The Hall–Kier alpha value is -0.520. The third kappa shape index (κ3) is 7.38. The molecule has 0 saturated heterocycles.